The summed E-state index contributed by atoms with van der Waals surface area (Å²) in [7, 11) is 0. The molecular formula is C15H11F3O2S. The van der Waals surface area contributed by atoms with Crippen LogP contribution in [0.4, 0.5) is 13.2 Å². The van der Waals surface area contributed by atoms with Crippen LogP contribution in [0.2, 0.25) is 0 Å². The van der Waals surface area contributed by atoms with E-state index in [2.05, 4.69) is 0 Å². The molecule has 0 radical (unpaired) electrons. The van der Waals surface area contributed by atoms with Crippen LogP contribution in [0.5, 0.6) is 5.75 Å². The standard InChI is InChI=1S/C15H11F3O2S/c1-10(19)20-12-6-4-5-11(9-12)13-7-2-3-8-14(13)21-15(16,17)18/h2-9H,1H3. The van der Waals surface area contributed by atoms with Crippen molar-refractivity contribution in [3.8, 4) is 16.9 Å². The van der Waals surface area contributed by atoms with Gasteiger partial charge in [0.25, 0.3) is 0 Å². The SMILES string of the molecule is CC(=O)Oc1cccc(-c2ccccc2SC(F)(F)F)c1. The highest BCUT2D eigenvalue weighted by Crippen LogP contribution is 2.41. The van der Waals surface area contributed by atoms with Crippen molar-refractivity contribution in [3.63, 3.8) is 0 Å². The second kappa shape index (κ2) is 6.22. The fraction of sp³-hybridized carbons (Fsp3) is 0.133. The Labute approximate surface area is 123 Å². The third-order valence-corrected chi connectivity index (χ3v) is 3.33. The first-order chi connectivity index (χ1) is 9.85. The number of hydrogen-bond acceptors (Lipinski definition) is 3. The second-order valence-corrected chi connectivity index (χ2v) is 5.27. The van der Waals surface area contributed by atoms with Gasteiger partial charge in [-0.15, -0.1) is 0 Å². The number of halogens is 3. The zero-order valence-corrected chi connectivity index (χ0v) is 11.8. The van der Waals surface area contributed by atoms with Gasteiger partial charge in [-0.3, -0.25) is 4.79 Å². The van der Waals surface area contributed by atoms with E-state index in [9.17, 15) is 18.0 Å². The number of carbonyl (C=O) groups is 1. The van der Waals surface area contributed by atoms with Crippen molar-refractivity contribution in [1.82, 2.24) is 0 Å². The van der Waals surface area contributed by atoms with Crippen molar-refractivity contribution < 1.29 is 22.7 Å². The molecule has 2 nitrogen and oxygen atoms in total. The molecule has 0 saturated carbocycles. The molecular weight excluding hydrogens is 301 g/mol. The van der Waals surface area contributed by atoms with E-state index >= 15 is 0 Å². The molecule has 2 aromatic rings. The highest BCUT2D eigenvalue weighted by atomic mass is 32.2. The van der Waals surface area contributed by atoms with Crippen molar-refractivity contribution in [2.24, 2.45) is 0 Å². The Morgan fingerprint density at radius 2 is 1.81 bits per heavy atom. The van der Waals surface area contributed by atoms with Crippen LogP contribution in [0.3, 0.4) is 0 Å². The number of esters is 1. The van der Waals surface area contributed by atoms with E-state index in [0.717, 1.165) is 0 Å². The summed E-state index contributed by atoms with van der Waals surface area (Å²) in [6.07, 6.45) is 0. The molecule has 0 heterocycles. The number of alkyl halides is 3. The predicted octanol–water partition coefficient (Wildman–Crippen LogP) is 4.89. The van der Waals surface area contributed by atoms with E-state index in [4.69, 9.17) is 4.74 Å². The van der Waals surface area contributed by atoms with Gasteiger partial charge in [0.1, 0.15) is 5.75 Å². The molecule has 0 atom stereocenters. The van der Waals surface area contributed by atoms with Gasteiger partial charge in [0.2, 0.25) is 0 Å². The number of ether oxygens (including phenoxy) is 1. The van der Waals surface area contributed by atoms with E-state index < -0.39 is 11.5 Å². The first kappa shape index (κ1) is 15.4. The minimum Gasteiger partial charge on any atom is -0.427 e. The highest BCUT2D eigenvalue weighted by molar-refractivity contribution is 8.00. The molecule has 110 valence electrons. The van der Waals surface area contributed by atoms with Gasteiger partial charge < -0.3 is 4.74 Å². The van der Waals surface area contributed by atoms with Crippen molar-refractivity contribution in [3.05, 3.63) is 48.5 Å². The molecule has 6 heteroatoms. The summed E-state index contributed by atoms with van der Waals surface area (Å²) in [5.41, 5.74) is -3.36. The molecule has 0 aromatic heterocycles. The van der Waals surface area contributed by atoms with Crippen LogP contribution < -0.4 is 4.74 Å². The van der Waals surface area contributed by atoms with E-state index in [-0.39, 0.29) is 16.7 Å². The van der Waals surface area contributed by atoms with E-state index in [1.165, 1.54) is 19.1 Å². The summed E-state index contributed by atoms with van der Waals surface area (Å²) in [5.74, 6) is -0.183. The summed E-state index contributed by atoms with van der Waals surface area (Å²) >= 11 is -0.166. The van der Waals surface area contributed by atoms with Crippen molar-refractivity contribution in [1.29, 1.82) is 0 Å². The maximum atomic E-state index is 12.6. The Morgan fingerprint density at radius 3 is 2.48 bits per heavy atom. The largest absolute Gasteiger partial charge is 0.446 e. The van der Waals surface area contributed by atoms with Gasteiger partial charge in [-0.25, -0.2) is 0 Å². The average Bonchev–Trinajstić information content (AvgIpc) is 2.37. The summed E-state index contributed by atoms with van der Waals surface area (Å²) < 4.78 is 42.7. The summed E-state index contributed by atoms with van der Waals surface area (Å²) in [5, 5.41) is 0. The van der Waals surface area contributed by atoms with Crippen LogP contribution in [-0.2, 0) is 4.79 Å². The third kappa shape index (κ3) is 4.53. The minimum atomic E-state index is -4.36. The lowest BCUT2D eigenvalue weighted by Gasteiger charge is -2.12. The summed E-state index contributed by atoms with van der Waals surface area (Å²) in [6, 6.07) is 12.6. The molecule has 0 unspecified atom stereocenters. The number of thioether (sulfide) groups is 1. The zero-order chi connectivity index (χ0) is 15.5. The quantitative estimate of drug-likeness (QED) is 0.458. The Hall–Kier alpha value is -1.95. The molecule has 0 fully saturated rings. The molecule has 0 saturated heterocycles. The molecule has 21 heavy (non-hydrogen) atoms. The average molecular weight is 312 g/mol. The van der Waals surface area contributed by atoms with Gasteiger partial charge in [0.15, 0.2) is 0 Å². The first-order valence-electron chi connectivity index (χ1n) is 5.99. The molecule has 0 bridgehead atoms. The molecule has 0 spiro atoms. The minimum absolute atomic E-state index is 0.102. The van der Waals surface area contributed by atoms with Gasteiger partial charge in [-0.1, -0.05) is 30.3 Å². The number of hydrogen-bond donors (Lipinski definition) is 0. The van der Waals surface area contributed by atoms with E-state index in [1.54, 1.807) is 36.4 Å². The second-order valence-electron chi connectivity index (χ2n) is 4.17. The van der Waals surface area contributed by atoms with Crippen LogP contribution >= 0.6 is 11.8 Å². The zero-order valence-electron chi connectivity index (χ0n) is 11.0. The van der Waals surface area contributed by atoms with Crippen molar-refractivity contribution in [2.75, 3.05) is 0 Å². The van der Waals surface area contributed by atoms with Gasteiger partial charge in [-0.2, -0.15) is 13.2 Å². The van der Waals surface area contributed by atoms with Gasteiger partial charge in [0.05, 0.1) is 0 Å². The maximum Gasteiger partial charge on any atom is 0.446 e. The van der Waals surface area contributed by atoms with Crippen LogP contribution in [0.25, 0.3) is 11.1 Å². The van der Waals surface area contributed by atoms with Crippen LogP contribution in [-0.4, -0.2) is 11.5 Å². The first-order valence-corrected chi connectivity index (χ1v) is 6.80. The van der Waals surface area contributed by atoms with Crippen LogP contribution in [0.15, 0.2) is 53.4 Å². The van der Waals surface area contributed by atoms with E-state index in [0.29, 0.717) is 16.9 Å². The summed E-state index contributed by atoms with van der Waals surface area (Å²) in [4.78, 5) is 11.0. The van der Waals surface area contributed by atoms with Crippen molar-refractivity contribution in [2.45, 2.75) is 17.3 Å². The lowest BCUT2D eigenvalue weighted by molar-refractivity contribution is -0.131. The lowest BCUT2D eigenvalue weighted by Crippen LogP contribution is -2.01. The predicted molar refractivity (Wildman–Crippen MR) is 75.1 cm³/mol. The molecule has 0 aliphatic heterocycles. The topological polar surface area (TPSA) is 26.3 Å². The van der Waals surface area contributed by atoms with E-state index in [1.807, 2.05) is 0 Å². The smallest absolute Gasteiger partial charge is 0.427 e. The summed E-state index contributed by atoms with van der Waals surface area (Å²) in [6.45, 7) is 1.26. The Morgan fingerprint density at radius 1 is 1.10 bits per heavy atom. The Kier molecular flexibility index (Phi) is 4.57. The fourth-order valence-corrected chi connectivity index (χ4v) is 2.50. The highest BCUT2D eigenvalue weighted by Gasteiger charge is 2.30. The van der Waals surface area contributed by atoms with Crippen LogP contribution in [0.1, 0.15) is 6.92 Å². The fourth-order valence-electron chi connectivity index (χ4n) is 1.81. The molecule has 2 rings (SSSR count). The number of carbonyl (C=O) groups excluding carboxylic acids is 1. The Balaban J connectivity index is 2.40. The monoisotopic (exact) mass is 312 g/mol. The lowest BCUT2D eigenvalue weighted by atomic mass is 10.1. The van der Waals surface area contributed by atoms with Gasteiger partial charge >= 0.3 is 11.5 Å². The molecule has 0 aliphatic carbocycles. The number of benzene rings is 2. The normalized spacial score (nSPS) is 11.2. The Bertz CT molecular complexity index is 653. The van der Waals surface area contributed by atoms with Gasteiger partial charge in [0, 0.05) is 11.8 Å². The van der Waals surface area contributed by atoms with Crippen LogP contribution in [0, 0.1) is 0 Å². The van der Waals surface area contributed by atoms with Gasteiger partial charge in [-0.05, 0) is 41.1 Å². The third-order valence-electron chi connectivity index (χ3n) is 2.52. The van der Waals surface area contributed by atoms with Crippen molar-refractivity contribution >= 4 is 17.7 Å². The molecule has 0 aliphatic rings. The molecule has 0 N–H and O–H groups in total. The maximum absolute atomic E-state index is 12.6. The molecule has 0 amide bonds. The number of rotatable bonds is 3. The molecule has 2 aromatic carbocycles.